The molecule has 0 amide bonds. The van der Waals surface area contributed by atoms with Gasteiger partial charge in [0.05, 0.1) is 18.5 Å². The normalized spacial score (nSPS) is 7.33. The second kappa shape index (κ2) is 16.3. The molecule has 0 saturated heterocycles. The summed E-state index contributed by atoms with van der Waals surface area (Å²) in [5.74, 6) is 0. The first-order valence-electron chi connectivity index (χ1n) is 4.48. The Morgan fingerprint density at radius 1 is 0.933 bits per heavy atom. The van der Waals surface area contributed by atoms with Gasteiger partial charge in [-0.2, -0.15) is 36.4 Å². The van der Waals surface area contributed by atoms with Crippen LogP contribution in [0.2, 0.25) is 0 Å². The first kappa shape index (κ1) is 17.2. The SMILES string of the molecule is CCOCl.[Zr+2].c1cc[cH-]c1.c1cc[cH-]c1. The van der Waals surface area contributed by atoms with Gasteiger partial charge in [-0.05, 0) is 6.92 Å². The number of rotatable bonds is 1. The maximum atomic E-state index is 4.69. The maximum absolute atomic E-state index is 4.69. The molecule has 0 aromatic heterocycles. The van der Waals surface area contributed by atoms with Crippen LogP contribution >= 0.6 is 11.9 Å². The molecule has 0 aliphatic rings. The van der Waals surface area contributed by atoms with Crippen molar-refractivity contribution in [2.75, 3.05) is 6.61 Å². The molecule has 2 rings (SSSR count). The van der Waals surface area contributed by atoms with Crippen molar-refractivity contribution in [1.82, 2.24) is 0 Å². The average molecular weight is 302 g/mol. The van der Waals surface area contributed by atoms with Gasteiger partial charge in [-0.1, -0.05) is 0 Å². The van der Waals surface area contributed by atoms with E-state index in [0.29, 0.717) is 6.61 Å². The molecule has 0 heterocycles. The summed E-state index contributed by atoms with van der Waals surface area (Å²) in [7, 11) is 0. The summed E-state index contributed by atoms with van der Waals surface area (Å²) in [4.78, 5) is 0. The van der Waals surface area contributed by atoms with E-state index < -0.39 is 0 Å². The van der Waals surface area contributed by atoms with Crippen LogP contribution in [-0.4, -0.2) is 6.61 Å². The van der Waals surface area contributed by atoms with Gasteiger partial charge >= 0.3 is 26.2 Å². The third-order valence-corrected chi connectivity index (χ3v) is 1.44. The van der Waals surface area contributed by atoms with E-state index in [1.165, 1.54) is 0 Å². The van der Waals surface area contributed by atoms with Crippen LogP contribution in [-0.2, 0) is 30.5 Å². The van der Waals surface area contributed by atoms with Gasteiger partial charge in [0, 0.05) is 0 Å². The van der Waals surface area contributed by atoms with Crippen LogP contribution in [0.5, 0.6) is 0 Å². The van der Waals surface area contributed by atoms with Gasteiger partial charge in [0.15, 0.2) is 0 Å². The van der Waals surface area contributed by atoms with Gasteiger partial charge in [-0.15, -0.1) is 0 Å². The summed E-state index contributed by atoms with van der Waals surface area (Å²) in [6.45, 7) is 2.41. The van der Waals surface area contributed by atoms with E-state index in [9.17, 15) is 0 Å². The third-order valence-electron chi connectivity index (χ3n) is 1.22. The zero-order valence-electron chi connectivity index (χ0n) is 8.77. The molecule has 0 unspecified atom stereocenters. The van der Waals surface area contributed by atoms with Gasteiger partial charge in [0.1, 0.15) is 0 Å². The predicted molar refractivity (Wildman–Crippen MR) is 61.5 cm³/mol. The summed E-state index contributed by atoms with van der Waals surface area (Å²) >= 11 is 4.69. The van der Waals surface area contributed by atoms with E-state index in [4.69, 9.17) is 0 Å². The minimum atomic E-state index is 0. The van der Waals surface area contributed by atoms with Crippen LogP contribution in [0.3, 0.4) is 0 Å². The number of halogens is 1. The molecule has 0 atom stereocenters. The van der Waals surface area contributed by atoms with Gasteiger partial charge in [0.25, 0.3) is 0 Å². The van der Waals surface area contributed by atoms with Crippen LogP contribution < -0.4 is 0 Å². The molecule has 0 N–H and O–H groups in total. The Kier molecular flexibility index (Phi) is 18.7. The van der Waals surface area contributed by atoms with E-state index in [0.717, 1.165) is 0 Å². The molecule has 2 aromatic carbocycles. The second-order valence-electron chi connectivity index (χ2n) is 2.32. The molecular weight excluding hydrogens is 287 g/mol. The molecule has 0 bridgehead atoms. The van der Waals surface area contributed by atoms with Crippen LogP contribution in [0.15, 0.2) is 60.7 Å². The molecule has 0 aliphatic carbocycles. The average Bonchev–Trinajstić information content (AvgIpc) is 2.94. The van der Waals surface area contributed by atoms with Crippen molar-refractivity contribution < 1.29 is 30.5 Å². The summed E-state index contributed by atoms with van der Waals surface area (Å²) in [5, 5.41) is 0. The smallest absolute Gasteiger partial charge is 0.280 e. The molecule has 80 valence electrons. The first-order chi connectivity index (χ1) is 6.91. The fourth-order valence-electron chi connectivity index (χ4n) is 0.642. The van der Waals surface area contributed by atoms with E-state index in [1.54, 1.807) is 0 Å². The van der Waals surface area contributed by atoms with Gasteiger partial charge in [-0.25, -0.2) is 24.3 Å². The van der Waals surface area contributed by atoms with Crippen LogP contribution in [0, 0.1) is 0 Å². The van der Waals surface area contributed by atoms with E-state index in [2.05, 4.69) is 16.2 Å². The Hall–Kier alpha value is -0.167. The van der Waals surface area contributed by atoms with Gasteiger partial charge in [0.2, 0.25) is 0 Å². The first-order valence-corrected chi connectivity index (χ1v) is 4.79. The third kappa shape index (κ3) is 16.5. The number of hydrogen-bond acceptors (Lipinski definition) is 1. The van der Waals surface area contributed by atoms with Crippen molar-refractivity contribution in [2.24, 2.45) is 0 Å². The quantitative estimate of drug-likeness (QED) is 0.724. The molecule has 3 heteroatoms. The van der Waals surface area contributed by atoms with Crippen molar-refractivity contribution in [2.45, 2.75) is 6.92 Å². The minimum absolute atomic E-state index is 0. The molecule has 0 aliphatic heterocycles. The molecule has 0 spiro atoms. The van der Waals surface area contributed by atoms with E-state index in [-0.39, 0.29) is 26.2 Å². The second-order valence-corrected chi connectivity index (χ2v) is 2.54. The Balaban J connectivity index is 0. The van der Waals surface area contributed by atoms with Gasteiger partial charge < -0.3 is 0 Å². The Morgan fingerprint density at radius 3 is 1.27 bits per heavy atom. The summed E-state index contributed by atoms with van der Waals surface area (Å²) in [6.07, 6.45) is 0. The monoisotopic (exact) mass is 300 g/mol. The van der Waals surface area contributed by atoms with Crippen LogP contribution in [0.1, 0.15) is 6.92 Å². The van der Waals surface area contributed by atoms with Crippen molar-refractivity contribution in [3.63, 3.8) is 0 Å². The summed E-state index contributed by atoms with van der Waals surface area (Å²) in [5.41, 5.74) is 0. The van der Waals surface area contributed by atoms with E-state index in [1.807, 2.05) is 67.6 Å². The largest absolute Gasteiger partial charge is 2.00 e. The maximum Gasteiger partial charge on any atom is 2.00 e. The topological polar surface area (TPSA) is 9.23 Å². The fourth-order valence-corrected chi connectivity index (χ4v) is 0.642. The van der Waals surface area contributed by atoms with Crippen LogP contribution in [0.25, 0.3) is 0 Å². The molecule has 1 nitrogen and oxygen atoms in total. The Morgan fingerprint density at radius 2 is 1.20 bits per heavy atom. The molecule has 0 fully saturated rings. The van der Waals surface area contributed by atoms with Crippen molar-refractivity contribution in [3.8, 4) is 0 Å². The zero-order chi connectivity index (χ0) is 10.5. The van der Waals surface area contributed by atoms with Crippen molar-refractivity contribution >= 4 is 11.9 Å². The Labute approximate surface area is 116 Å². The zero-order valence-corrected chi connectivity index (χ0v) is 12.0. The number of hydrogen-bond donors (Lipinski definition) is 0. The predicted octanol–water partition coefficient (Wildman–Crippen LogP) is 3.99. The Bertz CT molecular complexity index is 178. The molecule has 0 saturated carbocycles. The molecular formula is C12H15ClOZr. The van der Waals surface area contributed by atoms with Crippen molar-refractivity contribution in [1.29, 1.82) is 0 Å². The summed E-state index contributed by atoms with van der Waals surface area (Å²) in [6, 6.07) is 20.0. The summed E-state index contributed by atoms with van der Waals surface area (Å²) < 4.78 is 4.01. The van der Waals surface area contributed by atoms with Crippen molar-refractivity contribution in [3.05, 3.63) is 60.7 Å². The molecule has 2 aromatic rings. The van der Waals surface area contributed by atoms with Crippen LogP contribution in [0.4, 0.5) is 0 Å². The minimum Gasteiger partial charge on any atom is -0.280 e. The van der Waals surface area contributed by atoms with E-state index >= 15 is 0 Å². The fraction of sp³-hybridized carbons (Fsp3) is 0.167. The molecule has 15 heavy (non-hydrogen) atoms. The molecule has 0 radical (unpaired) electrons. The van der Waals surface area contributed by atoms with Gasteiger partial charge in [-0.3, -0.25) is 4.29 Å². The standard InChI is InChI=1S/2C5H5.C2H5ClO.Zr/c2*1-2-4-5-3-1;1-2-4-3;/h2*1-5H;2H2,1H3;/q2*-1;;+2.